The molecule has 2 rings (SSSR count). The van der Waals surface area contributed by atoms with E-state index in [0.717, 1.165) is 10.5 Å². The Labute approximate surface area is 144 Å². The molecule has 10 heteroatoms. The lowest BCUT2D eigenvalue weighted by Gasteiger charge is -2.09. The Morgan fingerprint density at radius 2 is 1.88 bits per heavy atom. The number of rotatable bonds is 3. The van der Waals surface area contributed by atoms with Crippen LogP contribution in [-0.4, -0.2) is 41.0 Å². The smallest absolute Gasteiger partial charge is 0.475 e. The predicted molar refractivity (Wildman–Crippen MR) is 84.3 cm³/mol. The number of esters is 1. The number of amides is 1. The molecule has 25 heavy (non-hydrogen) atoms. The Kier molecular flexibility index (Phi) is 7.04. The number of hydrogen-bond donors (Lipinski definition) is 2. The Morgan fingerprint density at radius 1 is 1.28 bits per heavy atom. The van der Waals surface area contributed by atoms with Crippen molar-refractivity contribution in [2.75, 3.05) is 6.61 Å². The minimum absolute atomic E-state index is 0.271. The lowest BCUT2D eigenvalue weighted by molar-refractivity contribution is -0.192. The fraction of sp³-hybridized carbons (Fsp3) is 0.267. The number of carbonyl (C=O) groups is 3. The van der Waals surface area contributed by atoms with Gasteiger partial charge < -0.3 is 15.6 Å². The molecular formula is C15H14F3NO5S. The molecule has 0 aromatic carbocycles. The van der Waals surface area contributed by atoms with Gasteiger partial charge in [0.1, 0.15) is 5.25 Å². The summed E-state index contributed by atoms with van der Waals surface area (Å²) in [5, 5.41) is 6.46. The van der Waals surface area contributed by atoms with Crippen molar-refractivity contribution in [1.82, 2.24) is 0 Å². The van der Waals surface area contributed by atoms with Crippen molar-refractivity contribution >= 4 is 29.6 Å². The van der Waals surface area contributed by atoms with E-state index in [2.05, 4.69) is 0 Å². The third-order valence-electron chi connectivity index (χ3n) is 2.79. The molecule has 0 bridgehead atoms. The van der Waals surface area contributed by atoms with Gasteiger partial charge >= 0.3 is 18.1 Å². The fourth-order valence-electron chi connectivity index (χ4n) is 1.81. The summed E-state index contributed by atoms with van der Waals surface area (Å²) in [5.74, 6) is -3.76. The van der Waals surface area contributed by atoms with Gasteiger partial charge in [-0.2, -0.15) is 13.2 Å². The number of hydrogen-bond acceptors (Lipinski definition) is 5. The normalized spacial score (nSPS) is 18.6. The van der Waals surface area contributed by atoms with Crippen LogP contribution < -0.4 is 5.73 Å². The SMILES string of the molecule is CCOC(=O)C1=C2C=CC=CC=C2SC1C(N)=O.O=C(O)C(F)(F)F. The summed E-state index contributed by atoms with van der Waals surface area (Å²) in [6, 6.07) is 0. The second kappa shape index (κ2) is 8.56. The number of nitrogens with two attached hydrogens (primary N) is 1. The van der Waals surface area contributed by atoms with Gasteiger partial charge in [-0.3, -0.25) is 4.79 Å². The Bertz CT molecular complexity index is 692. The average molecular weight is 377 g/mol. The molecule has 2 aliphatic rings. The molecule has 0 fully saturated rings. The zero-order valence-corrected chi connectivity index (χ0v) is 13.7. The zero-order chi connectivity index (χ0) is 19.2. The summed E-state index contributed by atoms with van der Waals surface area (Å²) in [6.07, 6.45) is 4.13. The summed E-state index contributed by atoms with van der Waals surface area (Å²) in [4.78, 5) is 33.1. The molecule has 3 N–H and O–H groups in total. The number of allylic oxidation sites excluding steroid dienone is 6. The van der Waals surface area contributed by atoms with Gasteiger partial charge in [-0.25, -0.2) is 9.59 Å². The Hall–Kier alpha value is -2.49. The highest BCUT2D eigenvalue weighted by atomic mass is 32.2. The molecule has 136 valence electrons. The van der Waals surface area contributed by atoms with Crippen molar-refractivity contribution in [3.8, 4) is 0 Å². The molecular weight excluding hydrogens is 363 g/mol. The van der Waals surface area contributed by atoms with E-state index in [1.54, 1.807) is 13.0 Å². The van der Waals surface area contributed by atoms with Crippen LogP contribution in [0.1, 0.15) is 6.92 Å². The van der Waals surface area contributed by atoms with Crippen LogP contribution >= 0.6 is 11.8 Å². The van der Waals surface area contributed by atoms with Gasteiger partial charge in [-0.15, -0.1) is 11.8 Å². The number of carboxylic acids is 1. The van der Waals surface area contributed by atoms with Crippen molar-refractivity contribution in [1.29, 1.82) is 0 Å². The molecule has 6 nitrogen and oxygen atoms in total. The van der Waals surface area contributed by atoms with E-state index >= 15 is 0 Å². The van der Waals surface area contributed by atoms with Crippen LogP contribution in [0.25, 0.3) is 0 Å². The Balaban J connectivity index is 0.000000381. The number of ether oxygens (including phenoxy) is 1. The van der Waals surface area contributed by atoms with E-state index in [9.17, 15) is 22.8 Å². The summed E-state index contributed by atoms with van der Waals surface area (Å²) in [7, 11) is 0. The maximum absolute atomic E-state index is 11.9. The lowest BCUT2D eigenvalue weighted by atomic mass is 10.0. The second-order valence-corrected chi connectivity index (χ2v) is 5.67. The highest BCUT2D eigenvalue weighted by Gasteiger charge is 2.38. The van der Waals surface area contributed by atoms with E-state index < -0.39 is 29.3 Å². The monoisotopic (exact) mass is 377 g/mol. The predicted octanol–water partition coefficient (Wildman–Crippen LogP) is 2.09. The van der Waals surface area contributed by atoms with Gasteiger partial charge in [-0.1, -0.05) is 24.3 Å². The molecule has 1 aliphatic heterocycles. The van der Waals surface area contributed by atoms with E-state index in [4.69, 9.17) is 20.4 Å². The third kappa shape index (κ3) is 5.52. The van der Waals surface area contributed by atoms with Crippen LogP contribution in [0.3, 0.4) is 0 Å². The summed E-state index contributed by atoms with van der Waals surface area (Å²) >= 11 is 1.29. The number of fused-ring (bicyclic) bond motifs is 1. The van der Waals surface area contributed by atoms with Crippen molar-refractivity contribution in [3.05, 3.63) is 46.4 Å². The highest BCUT2D eigenvalue weighted by Crippen LogP contribution is 2.43. The van der Waals surface area contributed by atoms with Crippen LogP contribution in [0.5, 0.6) is 0 Å². The number of halogens is 3. The minimum Gasteiger partial charge on any atom is -0.475 e. The minimum atomic E-state index is -5.08. The van der Waals surface area contributed by atoms with Crippen molar-refractivity contribution in [3.63, 3.8) is 0 Å². The zero-order valence-electron chi connectivity index (χ0n) is 12.9. The number of aliphatic carboxylic acids is 1. The van der Waals surface area contributed by atoms with Crippen molar-refractivity contribution in [2.24, 2.45) is 5.73 Å². The fourth-order valence-corrected chi connectivity index (χ4v) is 2.98. The first kappa shape index (κ1) is 20.6. The molecule has 0 aromatic rings. The van der Waals surface area contributed by atoms with Crippen LogP contribution in [-0.2, 0) is 19.1 Å². The summed E-state index contributed by atoms with van der Waals surface area (Å²) in [5.41, 5.74) is 6.42. The first-order chi connectivity index (χ1) is 11.6. The quantitative estimate of drug-likeness (QED) is 0.730. The first-order valence-electron chi connectivity index (χ1n) is 6.82. The van der Waals surface area contributed by atoms with Crippen LogP contribution in [0.2, 0.25) is 0 Å². The lowest BCUT2D eigenvalue weighted by Crippen LogP contribution is -2.29. The van der Waals surface area contributed by atoms with Crippen LogP contribution in [0.4, 0.5) is 13.2 Å². The number of alkyl halides is 3. The van der Waals surface area contributed by atoms with E-state index in [0.29, 0.717) is 5.57 Å². The largest absolute Gasteiger partial charge is 0.490 e. The maximum atomic E-state index is 11.9. The third-order valence-corrected chi connectivity index (χ3v) is 4.11. The van der Waals surface area contributed by atoms with Crippen molar-refractivity contribution < 1.29 is 37.4 Å². The molecule has 1 amide bonds. The average Bonchev–Trinajstić information content (AvgIpc) is 2.71. The van der Waals surface area contributed by atoms with Crippen molar-refractivity contribution in [2.45, 2.75) is 18.3 Å². The number of carboxylic acid groups (broad SMARTS) is 1. The molecule has 0 spiro atoms. The van der Waals surface area contributed by atoms with Gasteiger partial charge in [-0.05, 0) is 13.0 Å². The molecule has 1 atom stereocenters. The number of carbonyl (C=O) groups excluding carboxylic acids is 2. The molecule has 1 aliphatic carbocycles. The molecule has 0 saturated carbocycles. The van der Waals surface area contributed by atoms with Gasteiger partial charge in [0.2, 0.25) is 5.91 Å². The highest BCUT2D eigenvalue weighted by molar-refractivity contribution is 8.05. The van der Waals surface area contributed by atoms with E-state index in [1.807, 2.05) is 24.3 Å². The molecule has 1 heterocycles. The molecule has 0 aromatic heterocycles. The molecule has 0 saturated heterocycles. The van der Waals surface area contributed by atoms with Gasteiger partial charge in [0.25, 0.3) is 0 Å². The standard InChI is InChI=1S/C13H13NO3S.C2HF3O2/c1-2-17-13(16)10-8-6-4-3-5-7-9(8)18-11(10)12(14)15;3-2(4,5)1(6)7/h3-7,11H,2H2,1H3,(H2,14,15);(H,6,7). The molecule has 0 radical (unpaired) electrons. The topological polar surface area (TPSA) is 107 Å². The van der Waals surface area contributed by atoms with E-state index in [1.165, 1.54) is 11.8 Å². The number of primary amides is 1. The first-order valence-corrected chi connectivity index (χ1v) is 7.70. The Morgan fingerprint density at radius 3 is 2.36 bits per heavy atom. The van der Waals surface area contributed by atoms with Crippen LogP contribution in [0.15, 0.2) is 46.4 Å². The maximum Gasteiger partial charge on any atom is 0.490 e. The van der Waals surface area contributed by atoms with Gasteiger partial charge in [0, 0.05) is 10.5 Å². The number of thioether (sulfide) groups is 1. The summed E-state index contributed by atoms with van der Waals surface area (Å²) < 4.78 is 36.7. The molecule has 1 unspecified atom stereocenters. The van der Waals surface area contributed by atoms with Gasteiger partial charge in [0.15, 0.2) is 0 Å². The van der Waals surface area contributed by atoms with E-state index in [-0.39, 0.29) is 6.61 Å². The second-order valence-electron chi connectivity index (χ2n) is 4.53. The van der Waals surface area contributed by atoms with Gasteiger partial charge in [0.05, 0.1) is 12.2 Å². The summed E-state index contributed by atoms with van der Waals surface area (Å²) in [6.45, 7) is 2.00. The van der Waals surface area contributed by atoms with Crippen LogP contribution in [0, 0.1) is 0 Å².